The number of nitrogens with zero attached hydrogens (tertiary/aromatic N) is 3. The zero-order valence-electron chi connectivity index (χ0n) is 16.6. The lowest BCUT2D eigenvalue weighted by molar-refractivity contribution is 0.104. The minimum absolute atomic E-state index is 0.00506. The quantitative estimate of drug-likeness (QED) is 0.494. The molecule has 152 valence electrons. The number of tetrazole rings is 1. The van der Waals surface area contributed by atoms with E-state index in [2.05, 4.69) is 20.6 Å². The van der Waals surface area contributed by atoms with Gasteiger partial charge in [0.1, 0.15) is 22.6 Å². The lowest BCUT2D eigenvalue weighted by Crippen LogP contribution is -2.22. The molecular formula is C21H19N5O4. The molecule has 0 spiro atoms. The predicted molar refractivity (Wildman–Crippen MR) is 110 cm³/mol. The molecule has 4 rings (SSSR count). The summed E-state index contributed by atoms with van der Waals surface area (Å²) in [5.41, 5.74) is 5.69. The standard InChI is InChI=1S/C21H19N5O4/c1-21(2,3)30-12-9-7-11(8-10-12)17(27)13-5-4-6-14-15(13)18(28)16(22)19(29-14)20-23-25-26-24-20/h4-10H,22H2,1-3H3,(H,23,24,25,26). The summed E-state index contributed by atoms with van der Waals surface area (Å²) in [6.07, 6.45) is 0. The Hall–Kier alpha value is -4.01. The highest BCUT2D eigenvalue weighted by Gasteiger charge is 2.22. The molecule has 0 radical (unpaired) electrons. The number of nitrogen functional groups attached to an aromatic ring is 1. The van der Waals surface area contributed by atoms with E-state index in [1.165, 1.54) is 0 Å². The van der Waals surface area contributed by atoms with E-state index in [1.54, 1.807) is 42.5 Å². The number of H-pyrrole nitrogens is 1. The number of nitrogens with one attached hydrogen (secondary N) is 1. The summed E-state index contributed by atoms with van der Waals surface area (Å²) in [4.78, 5) is 26.1. The maximum atomic E-state index is 13.1. The molecule has 3 N–H and O–H groups in total. The monoisotopic (exact) mass is 405 g/mol. The minimum Gasteiger partial charge on any atom is -0.488 e. The molecule has 0 fully saturated rings. The van der Waals surface area contributed by atoms with Gasteiger partial charge in [-0.05, 0) is 56.3 Å². The lowest BCUT2D eigenvalue weighted by Gasteiger charge is -2.21. The topological polar surface area (TPSA) is 137 Å². The zero-order valence-corrected chi connectivity index (χ0v) is 16.6. The van der Waals surface area contributed by atoms with Gasteiger partial charge in [-0.1, -0.05) is 12.1 Å². The maximum absolute atomic E-state index is 13.1. The van der Waals surface area contributed by atoms with Crippen molar-refractivity contribution in [3.05, 3.63) is 63.8 Å². The molecule has 4 aromatic rings. The number of rotatable bonds is 4. The SMILES string of the molecule is CC(C)(C)Oc1ccc(C(=O)c2cccc3oc(-c4nn[nH]n4)c(N)c(=O)c23)cc1. The molecule has 0 aliphatic carbocycles. The van der Waals surface area contributed by atoms with Crippen LogP contribution in [0.15, 0.2) is 51.7 Å². The average molecular weight is 405 g/mol. The van der Waals surface area contributed by atoms with E-state index in [-0.39, 0.29) is 45.2 Å². The third-order valence-corrected chi connectivity index (χ3v) is 4.29. The predicted octanol–water partition coefficient (Wildman–Crippen LogP) is 2.96. The fourth-order valence-corrected chi connectivity index (χ4v) is 3.05. The van der Waals surface area contributed by atoms with Crippen molar-refractivity contribution >= 4 is 22.4 Å². The fourth-order valence-electron chi connectivity index (χ4n) is 3.05. The Morgan fingerprint density at radius 2 is 1.87 bits per heavy atom. The molecule has 2 heterocycles. The van der Waals surface area contributed by atoms with E-state index in [0.29, 0.717) is 11.3 Å². The van der Waals surface area contributed by atoms with Crippen LogP contribution in [0, 0.1) is 0 Å². The molecule has 0 atom stereocenters. The Labute approximate surface area is 170 Å². The van der Waals surface area contributed by atoms with Gasteiger partial charge in [-0.2, -0.15) is 5.21 Å². The molecule has 0 bridgehead atoms. The molecule has 9 heteroatoms. The molecule has 0 aliphatic rings. The van der Waals surface area contributed by atoms with Crippen molar-refractivity contribution in [3.8, 4) is 17.3 Å². The van der Waals surface area contributed by atoms with Gasteiger partial charge in [-0.25, -0.2) is 0 Å². The summed E-state index contributed by atoms with van der Waals surface area (Å²) < 4.78 is 11.5. The van der Waals surface area contributed by atoms with Crippen LogP contribution in [-0.4, -0.2) is 32.0 Å². The molecule has 0 saturated carbocycles. The number of carbonyl (C=O) groups excluding carboxylic acids is 1. The number of benzene rings is 2. The smallest absolute Gasteiger partial charge is 0.242 e. The van der Waals surface area contributed by atoms with Crippen molar-refractivity contribution in [1.82, 2.24) is 20.6 Å². The van der Waals surface area contributed by atoms with Crippen molar-refractivity contribution in [1.29, 1.82) is 0 Å². The molecule has 9 nitrogen and oxygen atoms in total. The van der Waals surface area contributed by atoms with Crippen LogP contribution in [0.4, 0.5) is 5.69 Å². The van der Waals surface area contributed by atoms with Gasteiger partial charge in [0, 0.05) is 11.1 Å². The molecular weight excluding hydrogens is 386 g/mol. The first-order chi connectivity index (χ1) is 14.2. The van der Waals surface area contributed by atoms with Gasteiger partial charge in [0.2, 0.25) is 17.0 Å². The summed E-state index contributed by atoms with van der Waals surface area (Å²) in [5.74, 6) is 0.361. The third kappa shape index (κ3) is 3.52. The largest absolute Gasteiger partial charge is 0.488 e. The van der Waals surface area contributed by atoms with Crippen LogP contribution < -0.4 is 15.9 Å². The van der Waals surface area contributed by atoms with E-state index in [1.807, 2.05) is 20.8 Å². The Balaban J connectivity index is 1.79. The Kier molecular flexibility index (Phi) is 4.57. The molecule has 30 heavy (non-hydrogen) atoms. The van der Waals surface area contributed by atoms with Crippen LogP contribution in [0.3, 0.4) is 0 Å². The van der Waals surface area contributed by atoms with E-state index in [9.17, 15) is 9.59 Å². The van der Waals surface area contributed by atoms with Crippen LogP contribution in [0.2, 0.25) is 0 Å². The molecule has 0 aliphatic heterocycles. The number of hydrogen-bond donors (Lipinski definition) is 2. The van der Waals surface area contributed by atoms with Gasteiger partial charge >= 0.3 is 0 Å². The van der Waals surface area contributed by atoms with Crippen LogP contribution in [0.1, 0.15) is 36.7 Å². The van der Waals surface area contributed by atoms with Crippen molar-refractivity contribution in [2.45, 2.75) is 26.4 Å². The van der Waals surface area contributed by atoms with Crippen LogP contribution in [0.25, 0.3) is 22.6 Å². The van der Waals surface area contributed by atoms with Crippen molar-refractivity contribution in [2.75, 3.05) is 5.73 Å². The van der Waals surface area contributed by atoms with Gasteiger partial charge < -0.3 is 14.9 Å². The van der Waals surface area contributed by atoms with Crippen molar-refractivity contribution in [3.63, 3.8) is 0 Å². The van der Waals surface area contributed by atoms with Gasteiger partial charge in [0.05, 0.1) is 5.39 Å². The number of aromatic nitrogens is 4. The summed E-state index contributed by atoms with van der Waals surface area (Å²) in [7, 11) is 0. The normalized spacial score (nSPS) is 11.6. The zero-order chi connectivity index (χ0) is 21.5. The van der Waals surface area contributed by atoms with E-state index >= 15 is 0 Å². The second-order valence-corrected chi connectivity index (χ2v) is 7.66. The lowest BCUT2D eigenvalue weighted by atomic mass is 9.98. The number of anilines is 1. The van der Waals surface area contributed by atoms with Gasteiger partial charge in [0.15, 0.2) is 5.78 Å². The second kappa shape index (κ2) is 7.11. The number of nitrogens with two attached hydrogens (primary N) is 1. The molecule has 0 amide bonds. The van der Waals surface area contributed by atoms with Crippen LogP contribution >= 0.6 is 0 Å². The third-order valence-electron chi connectivity index (χ3n) is 4.29. The summed E-state index contributed by atoms with van der Waals surface area (Å²) in [6.45, 7) is 5.82. The molecule has 2 aromatic heterocycles. The van der Waals surface area contributed by atoms with Gasteiger partial charge in [-0.15, -0.1) is 10.2 Å². The van der Waals surface area contributed by atoms with E-state index in [0.717, 1.165) is 0 Å². The highest BCUT2D eigenvalue weighted by atomic mass is 16.5. The first-order valence-electron chi connectivity index (χ1n) is 9.17. The number of aromatic amines is 1. The minimum atomic E-state index is -0.535. The maximum Gasteiger partial charge on any atom is 0.242 e. The van der Waals surface area contributed by atoms with Crippen LogP contribution in [0.5, 0.6) is 5.75 Å². The van der Waals surface area contributed by atoms with E-state index < -0.39 is 5.43 Å². The summed E-state index contributed by atoms with van der Waals surface area (Å²) in [6, 6.07) is 11.5. The van der Waals surface area contributed by atoms with E-state index in [4.69, 9.17) is 14.9 Å². The van der Waals surface area contributed by atoms with Gasteiger partial charge in [0.25, 0.3) is 0 Å². The number of carbonyl (C=O) groups is 1. The molecule has 0 saturated heterocycles. The summed E-state index contributed by atoms with van der Waals surface area (Å²) in [5, 5.41) is 13.4. The Morgan fingerprint density at radius 1 is 1.13 bits per heavy atom. The number of hydrogen-bond acceptors (Lipinski definition) is 8. The van der Waals surface area contributed by atoms with Crippen LogP contribution in [-0.2, 0) is 0 Å². The average Bonchev–Trinajstić information content (AvgIpc) is 3.23. The highest BCUT2D eigenvalue weighted by Crippen LogP contribution is 2.27. The summed E-state index contributed by atoms with van der Waals surface area (Å²) >= 11 is 0. The highest BCUT2D eigenvalue weighted by molar-refractivity contribution is 6.16. The second-order valence-electron chi connectivity index (χ2n) is 7.66. The van der Waals surface area contributed by atoms with Crippen molar-refractivity contribution in [2.24, 2.45) is 0 Å². The molecule has 2 aromatic carbocycles. The Bertz CT molecular complexity index is 1290. The van der Waals surface area contributed by atoms with Crippen molar-refractivity contribution < 1.29 is 13.9 Å². The first kappa shape index (κ1) is 19.3. The first-order valence-corrected chi connectivity index (χ1v) is 9.17. The Morgan fingerprint density at radius 3 is 2.50 bits per heavy atom. The number of fused-ring (bicyclic) bond motifs is 1. The molecule has 0 unspecified atom stereocenters. The fraction of sp³-hybridized carbons (Fsp3) is 0.190. The van der Waals surface area contributed by atoms with Gasteiger partial charge in [-0.3, -0.25) is 9.59 Å². The number of ketones is 1. The number of ether oxygens (including phenoxy) is 1.